The van der Waals surface area contributed by atoms with Crippen molar-refractivity contribution in [3.05, 3.63) is 0 Å². The molecule has 18 heavy (non-hydrogen) atoms. The smallest absolute Gasteiger partial charge is 0.307 e. The van der Waals surface area contributed by atoms with Crippen LogP contribution in [0.5, 0.6) is 0 Å². The summed E-state index contributed by atoms with van der Waals surface area (Å²) in [7, 11) is 0. The predicted molar refractivity (Wildman–Crippen MR) is 67.5 cm³/mol. The van der Waals surface area contributed by atoms with Crippen molar-refractivity contribution in [2.24, 2.45) is 0 Å². The third-order valence-corrected chi connectivity index (χ3v) is 2.26. The molecule has 0 radical (unpaired) electrons. The fraction of sp³-hybridized carbons (Fsp3) is 0.750. The number of carbonyl (C=O) groups is 2. The van der Waals surface area contributed by atoms with Gasteiger partial charge in [0.2, 0.25) is 5.91 Å². The highest BCUT2D eigenvalue weighted by atomic mass is 16.5. The summed E-state index contributed by atoms with van der Waals surface area (Å²) in [5.74, 6) is -0.569. The van der Waals surface area contributed by atoms with Crippen LogP contribution in [0.2, 0.25) is 0 Å². The van der Waals surface area contributed by atoms with E-state index in [-0.39, 0.29) is 30.6 Å². The number of rotatable bonds is 8. The Morgan fingerprint density at radius 1 is 1.11 bits per heavy atom. The van der Waals surface area contributed by atoms with Gasteiger partial charge in [0.15, 0.2) is 5.90 Å². The van der Waals surface area contributed by atoms with Crippen molar-refractivity contribution in [3.63, 3.8) is 0 Å². The summed E-state index contributed by atoms with van der Waals surface area (Å²) in [5.41, 5.74) is 0. The van der Waals surface area contributed by atoms with Crippen LogP contribution in [0.25, 0.3) is 0 Å². The van der Waals surface area contributed by atoms with Gasteiger partial charge in [0.25, 0.3) is 0 Å². The molecule has 0 spiro atoms. The van der Waals surface area contributed by atoms with E-state index in [9.17, 15) is 9.59 Å². The lowest BCUT2D eigenvalue weighted by molar-refractivity contribution is -0.144. The van der Waals surface area contributed by atoms with Crippen molar-refractivity contribution in [2.45, 2.75) is 33.6 Å². The van der Waals surface area contributed by atoms with E-state index in [4.69, 9.17) is 14.9 Å². The van der Waals surface area contributed by atoms with Gasteiger partial charge in [0.05, 0.1) is 19.6 Å². The molecule has 104 valence electrons. The van der Waals surface area contributed by atoms with Gasteiger partial charge in [-0.15, -0.1) is 0 Å². The highest BCUT2D eigenvalue weighted by molar-refractivity contribution is 5.95. The Morgan fingerprint density at radius 3 is 2.22 bits per heavy atom. The molecule has 0 fully saturated rings. The van der Waals surface area contributed by atoms with Crippen LogP contribution in [0, 0.1) is 5.41 Å². The normalized spacial score (nSPS) is 9.72. The summed E-state index contributed by atoms with van der Waals surface area (Å²) in [6.07, 6.45) is 0.111. The quantitative estimate of drug-likeness (QED) is 0.403. The molecule has 0 aromatic carbocycles. The second-order valence-corrected chi connectivity index (χ2v) is 3.56. The summed E-state index contributed by atoms with van der Waals surface area (Å²) < 4.78 is 9.71. The molecule has 0 saturated heterocycles. The van der Waals surface area contributed by atoms with Crippen molar-refractivity contribution in [2.75, 3.05) is 26.3 Å². The minimum Gasteiger partial charge on any atom is -0.481 e. The summed E-state index contributed by atoms with van der Waals surface area (Å²) >= 11 is 0. The number of nitrogens with one attached hydrogen (secondary N) is 1. The van der Waals surface area contributed by atoms with Crippen molar-refractivity contribution < 1.29 is 19.1 Å². The summed E-state index contributed by atoms with van der Waals surface area (Å²) in [5, 5.41) is 7.41. The Balaban J connectivity index is 4.11. The number of nitrogens with zero attached hydrogens (tertiary/aromatic N) is 1. The molecule has 1 amide bonds. The van der Waals surface area contributed by atoms with Crippen LogP contribution < -0.4 is 0 Å². The zero-order valence-electron chi connectivity index (χ0n) is 11.3. The molecule has 0 rings (SSSR count). The maximum absolute atomic E-state index is 11.8. The van der Waals surface area contributed by atoms with Gasteiger partial charge < -0.3 is 14.4 Å². The summed E-state index contributed by atoms with van der Waals surface area (Å²) in [6, 6.07) is 0. The first-order valence-electron chi connectivity index (χ1n) is 6.18. The van der Waals surface area contributed by atoms with E-state index in [0.29, 0.717) is 26.3 Å². The zero-order valence-corrected chi connectivity index (χ0v) is 11.3. The van der Waals surface area contributed by atoms with E-state index < -0.39 is 0 Å². The lowest BCUT2D eigenvalue weighted by Crippen LogP contribution is -2.34. The molecule has 6 heteroatoms. The van der Waals surface area contributed by atoms with Gasteiger partial charge in [-0.3, -0.25) is 15.0 Å². The Morgan fingerprint density at radius 2 is 1.72 bits per heavy atom. The molecule has 0 aromatic heterocycles. The average molecular weight is 258 g/mol. The number of esters is 1. The average Bonchev–Trinajstić information content (AvgIpc) is 2.30. The lowest BCUT2D eigenvalue weighted by Gasteiger charge is -2.20. The van der Waals surface area contributed by atoms with Crippen LogP contribution in [0.3, 0.4) is 0 Å². The van der Waals surface area contributed by atoms with E-state index in [1.165, 1.54) is 4.90 Å². The van der Waals surface area contributed by atoms with Gasteiger partial charge in [-0.2, -0.15) is 0 Å². The SMILES string of the molecule is CCOC(=N)CC(=O)N(CC)CCC(=O)OCC. The van der Waals surface area contributed by atoms with Gasteiger partial charge >= 0.3 is 5.97 Å². The molecule has 0 heterocycles. The topological polar surface area (TPSA) is 79.7 Å². The Hall–Kier alpha value is -1.59. The van der Waals surface area contributed by atoms with Crippen LogP contribution in [-0.4, -0.2) is 49.0 Å². The highest BCUT2D eigenvalue weighted by Crippen LogP contribution is 2.00. The summed E-state index contributed by atoms with van der Waals surface area (Å²) in [4.78, 5) is 24.5. The molecule has 0 aliphatic heterocycles. The zero-order chi connectivity index (χ0) is 14.0. The molecule has 0 aliphatic carbocycles. The Bertz CT molecular complexity index is 292. The molecular formula is C12H22N2O4. The van der Waals surface area contributed by atoms with Crippen LogP contribution in [0.4, 0.5) is 0 Å². The van der Waals surface area contributed by atoms with Crippen molar-refractivity contribution in [1.82, 2.24) is 4.90 Å². The number of hydrogen-bond acceptors (Lipinski definition) is 5. The molecular weight excluding hydrogens is 236 g/mol. The molecule has 0 aromatic rings. The standard InChI is InChI=1S/C12H22N2O4/c1-4-14(8-7-12(16)18-6-3)11(15)9-10(13)17-5-2/h13H,4-9H2,1-3H3. The van der Waals surface area contributed by atoms with E-state index >= 15 is 0 Å². The number of ether oxygens (including phenoxy) is 2. The maximum Gasteiger partial charge on any atom is 0.307 e. The van der Waals surface area contributed by atoms with Gasteiger partial charge in [0.1, 0.15) is 6.42 Å². The van der Waals surface area contributed by atoms with Crippen LogP contribution in [0.15, 0.2) is 0 Å². The van der Waals surface area contributed by atoms with Gasteiger partial charge in [-0.05, 0) is 20.8 Å². The molecule has 0 bridgehead atoms. The van der Waals surface area contributed by atoms with Gasteiger partial charge in [-0.1, -0.05) is 0 Å². The lowest BCUT2D eigenvalue weighted by atomic mass is 10.3. The summed E-state index contributed by atoms with van der Waals surface area (Å²) in [6.45, 7) is 6.86. The van der Waals surface area contributed by atoms with E-state index in [1.807, 2.05) is 6.92 Å². The highest BCUT2D eigenvalue weighted by Gasteiger charge is 2.16. The third kappa shape index (κ3) is 6.88. The first-order chi connectivity index (χ1) is 8.54. The van der Waals surface area contributed by atoms with Crippen molar-refractivity contribution in [1.29, 1.82) is 5.41 Å². The van der Waals surface area contributed by atoms with Crippen LogP contribution in [0.1, 0.15) is 33.6 Å². The van der Waals surface area contributed by atoms with E-state index in [2.05, 4.69) is 0 Å². The monoisotopic (exact) mass is 258 g/mol. The number of amides is 1. The third-order valence-electron chi connectivity index (χ3n) is 2.26. The maximum atomic E-state index is 11.8. The van der Waals surface area contributed by atoms with E-state index in [0.717, 1.165) is 0 Å². The number of hydrogen-bond donors (Lipinski definition) is 1. The Labute approximate surface area is 108 Å². The van der Waals surface area contributed by atoms with E-state index in [1.54, 1.807) is 13.8 Å². The first kappa shape index (κ1) is 16.4. The largest absolute Gasteiger partial charge is 0.481 e. The fourth-order valence-electron chi connectivity index (χ4n) is 1.39. The molecule has 0 saturated carbocycles. The number of carbonyl (C=O) groups excluding carboxylic acids is 2. The van der Waals surface area contributed by atoms with Gasteiger partial charge in [0, 0.05) is 13.1 Å². The molecule has 0 aliphatic rings. The van der Waals surface area contributed by atoms with Crippen molar-refractivity contribution in [3.8, 4) is 0 Å². The minimum absolute atomic E-state index is 0.0444. The van der Waals surface area contributed by atoms with Crippen molar-refractivity contribution >= 4 is 17.8 Å². The molecule has 1 N–H and O–H groups in total. The predicted octanol–water partition coefficient (Wildman–Crippen LogP) is 1.19. The second kappa shape index (κ2) is 9.44. The van der Waals surface area contributed by atoms with Crippen LogP contribution in [-0.2, 0) is 19.1 Å². The minimum atomic E-state index is -0.316. The Kier molecular flexibility index (Phi) is 8.61. The van der Waals surface area contributed by atoms with Crippen LogP contribution >= 0.6 is 0 Å². The first-order valence-corrected chi connectivity index (χ1v) is 6.18. The fourth-order valence-corrected chi connectivity index (χ4v) is 1.39. The van der Waals surface area contributed by atoms with Gasteiger partial charge in [-0.25, -0.2) is 0 Å². The molecule has 0 atom stereocenters. The molecule has 6 nitrogen and oxygen atoms in total. The second-order valence-electron chi connectivity index (χ2n) is 3.56. The molecule has 0 unspecified atom stereocenters.